The Morgan fingerprint density at radius 1 is 1.17 bits per heavy atom. The molecule has 5 nitrogen and oxygen atoms in total. The van der Waals surface area contributed by atoms with Crippen molar-refractivity contribution in [1.29, 1.82) is 0 Å². The molecule has 126 valence electrons. The molecule has 0 saturated heterocycles. The molecule has 0 aromatic heterocycles. The minimum absolute atomic E-state index is 0.0376. The SMILES string of the molecule is Cc1ccc(S(=O)(=O)OCC2COC(c3ccc(I)cc3)=N2)cc1. The second kappa shape index (κ2) is 7.20. The van der Waals surface area contributed by atoms with Gasteiger partial charge in [-0.1, -0.05) is 17.7 Å². The molecule has 0 amide bonds. The molecule has 1 aliphatic heterocycles. The fourth-order valence-corrected chi connectivity index (χ4v) is 3.49. The van der Waals surface area contributed by atoms with Crippen molar-refractivity contribution in [1.82, 2.24) is 0 Å². The predicted octanol–water partition coefficient (Wildman–Crippen LogP) is 3.15. The van der Waals surface area contributed by atoms with Crippen molar-refractivity contribution < 1.29 is 17.3 Å². The quantitative estimate of drug-likeness (QED) is 0.511. The molecule has 1 unspecified atom stereocenters. The molecule has 1 heterocycles. The Morgan fingerprint density at radius 2 is 1.83 bits per heavy atom. The topological polar surface area (TPSA) is 65.0 Å². The van der Waals surface area contributed by atoms with E-state index in [4.69, 9.17) is 8.92 Å². The van der Waals surface area contributed by atoms with Crippen LogP contribution in [0.5, 0.6) is 0 Å². The molecule has 3 rings (SSSR count). The third-order valence-electron chi connectivity index (χ3n) is 3.53. The molecule has 0 spiro atoms. The van der Waals surface area contributed by atoms with Crippen molar-refractivity contribution in [2.45, 2.75) is 17.9 Å². The number of ether oxygens (including phenoxy) is 1. The lowest BCUT2D eigenvalue weighted by molar-refractivity contribution is 0.246. The molecule has 0 aliphatic carbocycles. The van der Waals surface area contributed by atoms with Crippen molar-refractivity contribution in [3.05, 3.63) is 63.2 Å². The fraction of sp³-hybridized carbons (Fsp3) is 0.235. The Morgan fingerprint density at radius 3 is 2.50 bits per heavy atom. The largest absolute Gasteiger partial charge is 0.475 e. The Balaban J connectivity index is 1.65. The van der Waals surface area contributed by atoms with Crippen LogP contribution < -0.4 is 0 Å². The lowest BCUT2D eigenvalue weighted by atomic mass is 10.2. The van der Waals surface area contributed by atoms with Crippen molar-refractivity contribution in [2.24, 2.45) is 4.99 Å². The second-order valence-electron chi connectivity index (χ2n) is 5.46. The van der Waals surface area contributed by atoms with Crippen LogP contribution in [0.4, 0.5) is 0 Å². The number of aryl methyl sites for hydroxylation is 1. The minimum Gasteiger partial charge on any atom is -0.475 e. The van der Waals surface area contributed by atoms with E-state index >= 15 is 0 Å². The molecule has 7 heteroatoms. The monoisotopic (exact) mass is 457 g/mol. The van der Waals surface area contributed by atoms with E-state index in [0.29, 0.717) is 12.5 Å². The number of benzene rings is 2. The summed E-state index contributed by atoms with van der Waals surface area (Å²) < 4.78 is 36.2. The first-order valence-electron chi connectivity index (χ1n) is 7.37. The Kier molecular flexibility index (Phi) is 5.21. The predicted molar refractivity (Wildman–Crippen MR) is 99.8 cm³/mol. The highest BCUT2D eigenvalue weighted by Gasteiger charge is 2.24. The molecular formula is C17H16INO4S. The highest BCUT2D eigenvalue weighted by Crippen LogP contribution is 2.17. The van der Waals surface area contributed by atoms with Gasteiger partial charge >= 0.3 is 0 Å². The van der Waals surface area contributed by atoms with Gasteiger partial charge in [-0.3, -0.25) is 4.18 Å². The van der Waals surface area contributed by atoms with E-state index in [1.54, 1.807) is 12.1 Å². The molecule has 2 aromatic carbocycles. The van der Waals surface area contributed by atoms with Gasteiger partial charge < -0.3 is 4.74 Å². The summed E-state index contributed by atoms with van der Waals surface area (Å²) in [6.45, 7) is 2.17. The highest BCUT2D eigenvalue weighted by molar-refractivity contribution is 14.1. The van der Waals surface area contributed by atoms with Crippen molar-refractivity contribution in [2.75, 3.05) is 13.2 Å². The van der Waals surface area contributed by atoms with Crippen LogP contribution in [-0.4, -0.2) is 33.6 Å². The van der Waals surface area contributed by atoms with Crippen LogP contribution in [0.25, 0.3) is 0 Å². The summed E-state index contributed by atoms with van der Waals surface area (Å²) in [7, 11) is -3.78. The van der Waals surface area contributed by atoms with E-state index in [1.165, 1.54) is 12.1 Å². The van der Waals surface area contributed by atoms with Crippen molar-refractivity contribution in [3.8, 4) is 0 Å². The summed E-state index contributed by atoms with van der Waals surface area (Å²) in [5.74, 6) is 0.521. The molecule has 1 atom stereocenters. The Bertz CT molecular complexity index is 845. The average Bonchev–Trinajstić information content (AvgIpc) is 3.03. The zero-order chi connectivity index (χ0) is 17.2. The van der Waals surface area contributed by atoms with Gasteiger partial charge in [-0.25, -0.2) is 4.99 Å². The third kappa shape index (κ3) is 4.14. The lowest BCUT2D eigenvalue weighted by Gasteiger charge is -2.07. The summed E-state index contributed by atoms with van der Waals surface area (Å²) in [4.78, 5) is 4.55. The summed E-state index contributed by atoms with van der Waals surface area (Å²) >= 11 is 2.23. The smallest absolute Gasteiger partial charge is 0.297 e. The van der Waals surface area contributed by atoms with Gasteiger partial charge in [-0.05, 0) is 65.9 Å². The van der Waals surface area contributed by atoms with Gasteiger partial charge in [0.15, 0.2) is 0 Å². The van der Waals surface area contributed by atoms with E-state index in [0.717, 1.165) is 14.7 Å². The number of halogens is 1. The molecular weight excluding hydrogens is 441 g/mol. The average molecular weight is 457 g/mol. The molecule has 0 N–H and O–H groups in total. The maximum atomic E-state index is 12.2. The third-order valence-corrected chi connectivity index (χ3v) is 5.54. The van der Waals surface area contributed by atoms with E-state index in [-0.39, 0.29) is 17.5 Å². The first-order valence-corrected chi connectivity index (χ1v) is 9.85. The molecule has 24 heavy (non-hydrogen) atoms. The van der Waals surface area contributed by atoms with Gasteiger partial charge in [0, 0.05) is 9.13 Å². The summed E-state index contributed by atoms with van der Waals surface area (Å²) in [5, 5.41) is 0. The standard InChI is InChI=1S/C17H16INO4S/c1-12-2-8-16(9-3-12)24(20,21)23-11-15-10-22-17(19-15)13-4-6-14(18)7-5-13/h2-9,15H,10-11H2,1H3. The van der Waals surface area contributed by atoms with Crippen molar-refractivity contribution >= 4 is 38.6 Å². The Labute approximate surface area is 155 Å². The van der Waals surface area contributed by atoms with Gasteiger partial charge in [0.25, 0.3) is 10.1 Å². The number of nitrogens with zero attached hydrogens (tertiary/aromatic N) is 1. The van der Waals surface area contributed by atoms with E-state index < -0.39 is 10.1 Å². The number of hydrogen-bond acceptors (Lipinski definition) is 5. The maximum Gasteiger partial charge on any atom is 0.297 e. The van der Waals surface area contributed by atoms with E-state index in [9.17, 15) is 8.42 Å². The first-order chi connectivity index (χ1) is 11.4. The summed E-state index contributed by atoms with van der Waals surface area (Å²) in [6, 6.07) is 14.0. The molecule has 0 fully saturated rings. The second-order valence-corrected chi connectivity index (χ2v) is 8.32. The fourth-order valence-electron chi connectivity index (χ4n) is 2.19. The lowest BCUT2D eigenvalue weighted by Crippen LogP contribution is -2.18. The molecule has 0 saturated carbocycles. The van der Waals surface area contributed by atoms with Crippen LogP contribution in [0.2, 0.25) is 0 Å². The van der Waals surface area contributed by atoms with Crippen LogP contribution in [-0.2, 0) is 19.0 Å². The van der Waals surface area contributed by atoms with Gasteiger partial charge in [0.1, 0.15) is 12.6 Å². The number of rotatable bonds is 5. The zero-order valence-corrected chi connectivity index (χ0v) is 16.0. The van der Waals surface area contributed by atoms with E-state index in [2.05, 4.69) is 27.6 Å². The summed E-state index contributed by atoms with van der Waals surface area (Å²) in [5.41, 5.74) is 1.87. The Hall–Kier alpha value is -1.45. The molecule has 1 aliphatic rings. The zero-order valence-electron chi connectivity index (χ0n) is 13.0. The van der Waals surface area contributed by atoms with Gasteiger partial charge in [-0.15, -0.1) is 0 Å². The molecule has 2 aromatic rings. The minimum atomic E-state index is -3.78. The first kappa shape index (κ1) is 17.4. The van der Waals surface area contributed by atoms with Gasteiger partial charge in [0.05, 0.1) is 11.5 Å². The maximum absolute atomic E-state index is 12.2. The summed E-state index contributed by atoms with van der Waals surface area (Å²) in [6.07, 6.45) is 0. The number of hydrogen-bond donors (Lipinski definition) is 0. The van der Waals surface area contributed by atoms with E-state index in [1.807, 2.05) is 31.2 Å². The van der Waals surface area contributed by atoms with Crippen molar-refractivity contribution in [3.63, 3.8) is 0 Å². The van der Waals surface area contributed by atoms with Crippen LogP contribution >= 0.6 is 22.6 Å². The van der Waals surface area contributed by atoms with Gasteiger partial charge in [-0.2, -0.15) is 8.42 Å². The normalized spacial score (nSPS) is 17.4. The number of aliphatic imine (C=N–C) groups is 1. The van der Waals surface area contributed by atoms with Crippen LogP contribution in [0.15, 0.2) is 58.4 Å². The van der Waals surface area contributed by atoms with Gasteiger partial charge in [0.2, 0.25) is 5.90 Å². The molecule has 0 bridgehead atoms. The van der Waals surface area contributed by atoms with Crippen LogP contribution in [0, 0.1) is 10.5 Å². The highest BCUT2D eigenvalue weighted by atomic mass is 127. The molecule has 0 radical (unpaired) electrons. The van der Waals surface area contributed by atoms with Crippen LogP contribution in [0.3, 0.4) is 0 Å². The van der Waals surface area contributed by atoms with Crippen LogP contribution in [0.1, 0.15) is 11.1 Å².